The lowest BCUT2D eigenvalue weighted by Crippen LogP contribution is -1.97. The summed E-state index contributed by atoms with van der Waals surface area (Å²) in [6.45, 7) is 2.07. The largest absolute Gasteiger partial charge is 0.397 e. The van der Waals surface area contributed by atoms with Crippen LogP contribution >= 0.6 is 22.6 Å². The van der Waals surface area contributed by atoms with Gasteiger partial charge in [-0.2, -0.15) is 0 Å². The van der Waals surface area contributed by atoms with Gasteiger partial charge < -0.3 is 11.1 Å². The van der Waals surface area contributed by atoms with Crippen molar-refractivity contribution in [1.29, 1.82) is 0 Å². The number of benzene rings is 2. The van der Waals surface area contributed by atoms with Crippen molar-refractivity contribution in [1.82, 2.24) is 0 Å². The molecule has 0 bridgehead atoms. The lowest BCUT2D eigenvalue weighted by molar-refractivity contribution is 1.43. The summed E-state index contributed by atoms with van der Waals surface area (Å²) in [5.74, 6) is 0. The van der Waals surface area contributed by atoms with Crippen LogP contribution in [0.1, 0.15) is 5.56 Å². The number of para-hydroxylation sites is 1. The summed E-state index contributed by atoms with van der Waals surface area (Å²) in [7, 11) is 0. The Bertz CT molecular complexity index is 509. The number of rotatable bonds is 2. The van der Waals surface area contributed by atoms with Crippen molar-refractivity contribution in [2.24, 2.45) is 0 Å². The first-order valence-electron chi connectivity index (χ1n) is 5.04. The normalized spacial score (nSPS) is 10.1. The Balaban J connectivity index is 2.31. The third-order valence-electron chi connectivity index (χ3n) is 2.43. The molecule has 0 unspecified atom stereocenters. The fourth-order valence-corrected chi connectivity index (χ4v) is 2.02. The molecule has 0 spiro atoms. The second-order valence-corrected chi connectivity index (χ2v) is 4.92. The molecule has 0 aromatic heterocycles. The molecule has 0 aliphatic rings. The Morgan fingerprint density at radius 1 is 1.06 bits per heavy atom. The van der Waals surface area contributed by atoms with Gasteiger partial charge in [0.25, 0.3) is 0 Å². The van der Waals surface area contributed by atoms with Gasteiger partial charge in [-0.3, -0.25) is 0 Å². The van der Waals surface area contributed by atoms with Crippen LogP contribution in [-0.2, 0) is 0 Å². The van der Waals surface area contributed by atoms with E-state index in [-0.39, 0.29) is 0 Å². The maximum atomic E-state index is 5.95. The van der Waals surface area contributed by atoms with Gasteiger partial charge in [0.2, 0.25) is 0 Å². The standard InChI is InChI=1S/C13H13IN2/c1-9-4-2-3-5-12(9)16-13-7-6-10(14)8-11(13)15/h2-8,16H,15H2,1H3. The highest BCUT2D eigenvalue weighted by Crippen LogP contribution is 2.26. The molecule has 3 N–H and O–H groups in total. The minimum Gasteiger partial charge on any atom is -0.397 e. The predicted octanol–water partition coefficient (Wildman–Crippen LogP) is 3.93. The SMILES string of the molecule is Cc1ccccc1Nc1ccc(I)cc1N. The minimum absolute atomic E-state index is 0.773. The Hall–Kier alpha value is -1.23. The van der Waals surface area contributed by atoms with Crippen LogP contribution < -0.4 is 11.1 Å². The zero-order valence-corrected chi connectivity index (χ0v) is 11.2. The number of nitrogens with two attached hydrogens (primary N) is 1. The molecule has 2 aromatic carbocycles. The maximum absolute atomic E-state index is 5.95. The summed E-state index contributed by atoms with van der Waals surface area (Å²) in [6, 6.07) is 14.2. The molecule has 0 radical (unpaired) electrons. The van der Waals surface area contributed by atoms with Gasteiger partial charge in [-0.1, -0.05) is 18.2 Å². The van der Waals surface area contributed by atoms with Gasteiger partial charge in [0.15, 0.2) is 0 Å². The predicted molar refractivity (Wildman–Crippen MR) is 78.0 cm³/mol. The first-order valence-corrected chi connectivity index (χ1v) is 6.12. The zero-order chi connectivity index (χ0) is 11.5. The van der Waals surface area contributed by atoms with Gasteiger partial charge in [0, 0.05) is 9.26 Å². The van der Waals surface area contributed by atoms with Crippen molar-refractivity contribution < 1.29 is 0 Å². The first kappa shape index (κ1) is 11.3. The number of nitrogens with one attached hydrogen (secondary N) is 1. The lowest BCUT2D eigenvalue weighted by atomic mass is 10.2. The highest BCUT2D eigenvalue weighted by Gasteiger charge is 2.01. The summed E-state index contributed by atoms with van der Waals surface area (Å²) in [6.07, 6.45) is 0. The fourth-order valence-electron chi connectivity index (χ4n) is 1.51. The van der Waals surface area contributed by atoms with Crippen LogP contribution in [0, 0.1) is 10.5 Å². The van der Waals surface area contributed by atoms with E-state index in [0.29, 0.717) is 0 Å². The number of halogens is 1. The Labute approximate surface area is 109 Å². The van der Waals surface area contributed by atoms with Crippen LogP contribution in [-0.4, -0.2) is 0 Å². The van der Waals surface area contributed by atoms with Crippen molar-refractivity contribution in [3.63, 3.8) is 0 Å². The topological polar surface area (TPSA) is 38.0 Å². The molecule has 0 heterocycles. The van der Waals surface area contributed by atoms with Gasteiger partial charge >= 0.3 is 0 Å². The zero-order valence-electron chi connectivity index (χ0n) is 9.00. The van der Waals surface area contributed by atoms with Crippen LogP contribution in [0.2, 0.25) is 0 Å². The van der Waals surface area contributed by atoms with Crippen molar-refractivity contribution in [2.75, 3.05) is 11.1 Å². The van der Waals surface area contributed by atoms with E-state index in [2.05, 4.69) is 40.9 Å². The summed E-state index contributed by atoms with van der Waals surface area (Å²) < 4.78 is 1.14. The van der Waals surface area contributed by atoms with Gasteiger partial charge in [0.1, 0.15) is 0 Å². The van der Waals surface area contributed by atoms with Gasteiger partial charge in [0.05, 0.1) is 11.4 Å². The van der Waals surface area contributed by atoms with Crippen LogP contribution in [0.3, 0.4) is 0 Å². The quantitative estimate of drug-likeness (QED) is 0.649. The van der Waals surface area contributed by atoms with E-state index >= 15 is 0 Å². The summed E-state index contributed by atoms with van der Waals surface area (Å²) >= 11 is 2.25. The smallest absolute Gasteiger partial charge is 0.0618 e. The molecule has 0 amide bonds. The minimum atomic E-state index is 0.773. The number of hydrogen-bond donors (Lipinski definition) is 2. The molecular formula is C13H13IN2. The Morgan fingerprint density at radius 3 is 2.50 bits per heavy atom. The average Bonchev–Trinajstić information content (AvgIpc) is 2.25. The third-order valence-corrected chi connectivity index (χ3v) is 3.10. The molecule has 3 heteroatoms. The monoisotopic (exact) mass is 324 g/mol. The van der Waals surface area contributed by atoms with Gasteiger partial charge in [-0.05, 0) is 59.3 Å². The van der Waals surface area contributed by atoms with Crippen molar-refractivity contribution in [2.45, 2.75) is 6.92 Å². The maximum Gasteiger partial charge on any atom is 0.0618 e. The summed E-state index contributed by atoms with van der Waals surface area (Å²) in [5, 5.41) is 3.34. The third kappa shape index (κ3) is 2.47. The molecule has 2 nitrogen and oxygen atoms in total. The van der Waals surface area contributed by atoms with Crippen LogP contribution in [0.25, 0.3) is 0 Å². The molecule has 0 saturated carbocycles. The van der Waals surface area contributed by atoms with Crippen molar-refractivity contribution in [3.8, 4) is 0 Å². The molecule has 0 aliphatic carbocycles. The van der Waals surface area contributed by atoms with Crippen molar-refractivity contribution in [3.05, 3.63) is 51.6 Å². The average molecular weight is 324 g/mol. The molecule has 82 valence electrons. The van der Waals surface area contributed by atoms with E-state index in [1.54, 1.807) is 0 Å². The second kappa shape index (κ2) is 4.74. The summed E-state index contributed by atoms with van der Waals surface area (Å²) in [5.41, 5.74) is 9.98. The van der Waals surface area contributed by atoms with E-state index in [0.717, 1.165) is 20.6 Å². The van der Waals surface area contributed by atoms with Crippen LogP contribution in [0.5, 0.6) is 0 Å². The molecule has 0 atom stereocenters. The molecular weight excluding hydrogens is 311 g/mol. The van der Waals surface area contributed by atoms with Gasteiger partial charge in [-0.15, -0.1) is 0 Å². The van der Waals surface area contributed by atoms with Gasteiger partial charge in [-0.25, -0.2) is 0 Å². The van der Waals surface area contributed by atoms with E-state index in [9.17, 15) is 0 Å². The Kier molecular flexibility index (Phi) is 3.33. The molecule has 0 aliphatic heterocycles. The Morgan fingerprint density at radius 2 is 1.81 bits per heavy atom. The molecule has 0 fully saturated rings. The highest BCUT2D eigenvalue weighted by atomic mass is 127. The lowest BCUT2D eigenvalue weighted by Gasteiger charge is -2.11. The van der Waals surface area contributed by atoms with E-state index < -0.39 is 0 Å². The van der Waals surface area contributed by atoms with E-state index in [1.165, 1.54) is 5.56 Å². The second-order valence-electron chi connectivity index (χ2n) is 3.67. The highest BCUT2D eigenvalue weighted by molar-refractivity contribution is 14.1. The molecule has 0 saturated heterocycles. The molecule has 16 heavy (non-hydrogen) atoms. The summed E-state index contributed by atoms with van der Waals surface area (Å²) in [4.78, 5) is 0. The van der Waals surface area contributed by atoms with E-state index in [1.807, 2.05) is 36.4 Å². The number of nitrogen functional groups attached to an aromatic ring is 1. The molecule has 2 aromatic rings. The number of aryl methyl sites for hydroxylation is 1. The fraction of sp³-hybridized carbons (Fsp3) is 0.0769. The number of hydrogen-bond acceptors (Lipinski definition) is 2. The number of anilines is 3. The first-order chi connectivity index (χ1) is 7.66. The van der Waals surface area contributed by atoms with Crippen LogP contribution in [0.4, 0.5) is 17.1 Å². The molecule has 2 rings (SSSR count). The van der Waals surface area contributed by atoms with E-state index in [4.69, 9.17) is 5.73 Å². The van der Waals surface area contributed by atoms with Crippen LogP contribution in [0.15, 0.2) is 42.5 Å². The van der Waals surface area contributed by atoms with Crippen molar-refractivity contribution >= 4 is 39.7 Å².